The van der Waals surface area contributed by atoms with E-state index < -0.39 is 0 Å². The maximum Gasteiger partial charge on any atom is 0.160 e. The fraction of sp³-hybridized carbons (Fsp3) is 0. The molecule has 2 heterocycles. The molecule has 3 nitrogen and oxygen atoms in total. The van der Waals surface area contributed by atoms with E-state index in [2.05, 4.69) is 200 Å². The summed E-state index contributed by atoms with van der Waals surface area (Å²) in [5, 5.41) is 9.71. The smallest absolute Gasteiger partial charge is 0.160 e. The molecule has 0 spiro atoms. The van der Waals surface area contributed by atoms with Crippen molar-refractivity contribution < 1.29 is 4.42 Å². The lowest BCUT2D eigenvalue weighted by atomic mass is 9.89. The van der Waals surface area contributed by atoms with Gasteiger partial charge in [-0.25, -0.2) is 9.97 Å². The van der Waals surface area contributed by atoms with Crippen molar-refractivity contribution in [3.05, 3.63) is 218 Å². The minimum Gasteiger partial charge on any atom is -0.456 e. The van der Waals surface area contributed by atoms with Gasteiger partial charge >= 0.3 is 0 Å². The molecule has 0 radical (unpaired) electrons. The Morgan fingerprint density at radius 1 is 0.295 bits per heavy atom. The molecule has 61 heavy (non-hydrogen) atoms. The van der Waals surface area contributed by atoms with Crippen LogP contribution in [0.2, 0.25) is 0 Å². The van der Waals surface area contributed by atoms with E-state index in [1.165, 1.54) is 37.9 Å². The zero-order valence-corrected chi connectivity index (χ0v) is 33.1. The number of hydrogen-bond acceptors (Lipinski definition) is 3. The Kier molecular flexibility index (Phi) is 8.17. The van der Waals surface area contributed by atoms with Crippen molar-refractivity contribution in [3.8, 4) is 67.3 Å². The summed E-state index contributed by atoms with van der Waals surface area (Å²) in [5.41, 5.74) is 13.4. The summed E-state index contributed by atoms with van der Waals surface area (Å²) < 4.78 is 6.23. The van der Waals surface area contributed by atoms with Crippen LogP contribution < -0.4 is 0 Å². The van der Waals surface area contributed by atoms with Crippen molar-refractivity contribution >= 4 is 54.3 Å². The van der Waals surface area contributed by atoms with Gasteiger partial charge in [-0.15, -0.1) is 0 Å². The van der Waals surface area contributed by atoms with Gasteiger partial charge in [-0.3, -0.25) is 0 Å². The first-order chi connectivity index (χ1) is 30.2. The van der Waals surface area contributed by atoms with E-state index in [9.17, 15) is 0 Å². The monoisotopic (exact) mass is 776 g/mol. The summed E-state index contributed by atoms with van der Waals surface area (Å²) in [5.74, 6) is 0.675. The second kappa shape index (κ2) is 14.3. The third-order valence-electron chi connectivity index (χ3n) is 12.1. The van der Waals surface area contributed by atoms with Crippen LogP contribution in [0.1, 0.15) is 0 Å². The van der Waals surface area contributed by atoms with Gasteiger partial charge in [-0.2, -0.15) is 0 Å². The van der Waals surface area contributed by atoms with Crippen molar-refractivity contribution in [1.82, 2.24) is 9.97 Å². The molecule has 284 valence electrons. The summed E-state index contributed by atoms with van der Waals surface area (Å²) in [4.78, 5) is 10.6. The molecule has 10 aromatic carbocycles. The summed E-state index contributed by atoms with van der Waals surface area (Å²) in [6.07, 6.45) is 0. The van der Waals surface area contributed by atoms with E-state index in [-0.39, 0.29) is 0 Å². The minimum absolute atomic E-state index is 0.675. The van der Waals surface area contributed by atoms with E-state index >= 15 is 0 Å². The summed E-state index contributed by atoms with van der Waals surface area (Å²) in [6, 6.07) is 77.5. The van der Waals surface area contributed by atoms with Crippen LogP contribution in [-0.2, 0) is 0 Å². The highest BCUT2D eigenvalue weighted by Gasteiger charge is 2.17. The molecular weight excluding hydrogens is 741 g/mol. The number of nitrogens with zero attached hydrogens (tertiary/aromatic N) is 2. The van der Waals surface area contributed by atoms with E-state index in [0.29, 0.717) is 5.82 Å². The standard InChI is InChI=1S/C58H36N2O/c1-2-13-37(14-3-1)44-17-8-9-20-48(44)53-36-52(40-27-25-39(26-28-40)46-22-12-24-55-57(46)50-21-10-11-23-54(50)61-55)59-58(60-53)42-31-29-41(30-32-42)56-47-19-7-5-16-43(47)35-51-45-18-6-4-15-38(45)33-34-49(51)56/h1-36H. The zero-order valence-electron chi connectivity index (χ0n) is 33.1. The lowest BCUT2D eigenvalue weighted by molar-refractivity contribution is 0.669. The molecule has 12 aromatic rings. The van der Waals surface area contributed by atoms with E-state index in [1.807, 2.05) is 18.2 Å². The number of para-hydroxylation sites is 1. The normalized spacial score (nSPS) is 11.6. The van der Waals surface area contributed by atoms with Crippen molar-refractivity contribution in [2.75, 3.05) is 0 Å². The highest BCUT2D eigenvalue weighted by Crippen LogP contribution is 2.41. The van der Waals surface area contributed by atoms with Crippen LogP contribution in [0, 0.1) is 0 Å². The van der Waals surface area contributed by atoms with Gasteiger partial charge in [0.1, 0.15) is 11.2 Å². The Morgan fingerprint density at radius 2 is 0.885 bits per heavy atom. The SMILES string of the molecule is c1ccc(-c2ccccc2-c2cc(-c3ccc(-c4cccc5oc6ccccc6c45)cc3)nc(-c3ccc(-c4c5ccccc5cc5c4ccc4ccccc45)cc3)n2)cc1. The van der Waals surface area contributed by atoms with Gasteiger partial charge in [-0.1, -0.05) is 194 Å². The van der Waals surface area contributed by atoms with Crippen LogP contribution in [0.5, 0.6) is 0 Å². The summed E-state index contributed by atoms with van der Waals surface area (Å²) in [6.45, 7) is 0. The molecule has 0 unspecified atom stereocenters. The number of furan rings is 1. The third-order valence-corrected chi connectivity index (χ3v) is 12.1. The number of aromatic nitrogens is 2. The first-order valence-corrected chi connectivity index (χ1v) is 20.7. The molecule has 3 heteroatoms. The maximum absolute atomic E-state index is 6.23. The quantitative estimate of drug-likeness (QED) is 0.125. The average molecular weight is 777 g/mol. The minimum atomic E-state index is 0.675. The number of rotatable bonds is 6. The molecule has 0 N–H and O–H groups in total. The molecule has 0 fully saturated rings. The highest BCUT2D eigenvalue weighted by molar-refractivity contribution is 6.20. The highest BCUT2D eigenvalue weighted by atomic mass is 16.3. The Labute approximate surface area is 352 Å². The van der Waals surface area contributed by atoms with Crippen molar-refractivity contribution in [3.63, 3.8) is 0 Å². The predicted molar refractivity (Wildman–Crippen MR) is 254 cm³/mol. The molecule has 0 atom stereocenters. The number of benzene rings is 10. The Hall–Kier alpha value is -8.14. The molecule has 0 aliphatic heterocycles. The number of fused-ring (bicyclic) bond motifs is 7. The van der Waals surface area contributed by atoms with E-state index in [0.717, 1.165) is 77.8 Å². The first kappa shape index (κ1) is 34.9. The van der Waals surface area contributed by atoms with E-state index in [4.69, 9.17) is 14.4 Å². The van der Waals surface area contributed by atoms with Crippen molar-refractivity contribution in [1.29, 1.82) is 0 Å². The van der Waals surface area contributed by atoms with Crippen LogP contribution in [0.25, 0.3) is 122 Å². The van der Waals surface area contributed by atoms with Crippen molar-refractivity contribution in [2.24, 2.45) is 0 Å². The van der Waals surface area contributed by atoms with Crippen LogP contribution >= 0.6 is 0 Å². The third kappa shape index (κ3) is 5.98. The Balaban J connectivity index is 1.000. The topological polar surface area (TPSA) is 38.9 Å². The molecule has 2 aromatic heterocycles. The van der Waals surface area contributed by atoms with Gasteiger partial charge < -0.3 is 4.42 Å². The fourth-order valence-electron chi connectivity index (χ4n) is 9.19. The summed E-state index contributed by atoms with van der Waals surface area (Å²) in [7, 11) is 0. The molecule has 12 rings (SSSR count). The average Bonchev–Trinajstić information content (AvgIpc) is 3.73. The lowest BCUT2D eigenvalue weighted by Crippen LogP contribution is -1.97. The zero-order chi connectivity index (χ0) is 40.3. The second-order valence-electron chi connectivity index (χ2n) is 15.7. The van der Waals surface area contributed by atoms with Gasteiger partial charge in [0.15, 0.2) is 5.82 Å². The predicted octanol–water partition coefficient (Wildman–Crippen LogP) is 15.8. The van der Waals surface area contributed by atoms with Crippen LogP contribution in [0.3, 0.4) is 0 Å². The Morgan fingerprint density at radius 3 is 1.72 bits per heavy atom. The van der Waals surface area contributed by atoms with Crippen LogP contribution in [0.4, 0.5) is 0 Å². The fourth-order valence-corrected chi connectivity index (χ4v) is 9.19. The number of hydrogen-bond donors (Lipinski definition) is 0. The van der Waals surface area contributed by atoms with E-state index in [1.54, 1.807) is 0 Å². The van der Waals surface area contributed by atoms with Gasteiger partial charge in [-0.05, 0) is 90.0 Å². The van der Waals surface area contributed by atoms with Crippen LogP contribution in [-0.4, -0.2) is 9.97 Å². The first-order valence-electron chi connectivity index (χ1n) is 20.7. The van der Waals surface area contributed by atoms with Gasteiger partial charge in [0.05, 0.1) is 11.4 Å². The Bertz CT molecular complexity index is 3620. The molecule has 0 saturated carbocycles. The maximum atomic E-state index is 6.23. The largest absolute Gasteiger partial charge is 0.456 e. The molecule has 0 aliphatic rings. The lowest BCUT2D eigenvalue weighted by Gasteiger charge is -2.15. The van der Waals surface area contributed by atoms with Gasteiger partial charge in [0.2, 0.25) is 0 Å². The van der Waals surface area contributed by atoms with Gasteiger partial charge in [0.25, 0.3) is 0 Å². The molecule has 0 amide bonds. The molecule has 0 aliphatic carbocycles. The molecular formula is C58H36N2O. The van der Waals surface area contributed by atoms with Gasteiger partial charge in [0, 0.05) is 27.5 Å². The molecule has 0 saturated heterocycles. The van der Waals surface area contributed by atoms with Crippen LogP contribution in [0.15, 0.2) is 223 Å². The second-order valence-corrected chi connectivity index (χ2v) is 15.7. The summed E-state index contributed by atoms with van der Waals surface area (Å²) >= 11 is 0. The molecule has 0 bridgehead atoms. The van der Waals surface area contributed by atoms with Crippen molar-refractivity contribution in [2.45, 2.75) is 0 Å².